The van der Waals surface area contributed by atoms with Crippen molar-refractivity contribution in [1.29, 1.82) is 0 Å². The molecule has 2 rings (SSSR count). The summed E-state index contributed by atoms with van der Waals surface area (Å²) < 4.78 is 0. The normalized spacial score (nSPS) is 10.3. The van der Waals surface area contributed by atoms with E-state index >= 15 is 0 Å². The molecule has 94 valence electrons. The van der Waals surface area contributed by atoms with Crippen LogP contribution in [0.15, 0.2) is 23.7 Å². The molecule has 2 aromatic rings. The Morgan fingerprint density at radius 3 is 3.06 bits per heavy atom. The average molecular weight is 282 g/mol. The van der Waals surface area contributed by atoms with Gasteiger partial charge in [0.2, 0.25) is 5.91 Å². The zero-order valence-electron chi connectivity index (χ0n) is 9.81. The van der Waals surface area contributed by atoms with Crippen LogP contribution in [-0.2, 0) is 17.1 Å². The van der Waals surface area contributed by atoms with Crippen LogP contribution in [0.4, 0.5) is 5.82 Å². The minimum Gasteiger partial charge on any atom is -0.310 e. The molecule has 6 heteroatoms. The molecule has 0 spiro atoms. The third-order valence-corrected chi connectivity index (χ3v) is 3.49. The first kappa shape index (κ1) is 13.0. The maximum Gasteiger partial charge on any atom is 0.232 e. The van der Waals surface area contributed by atoms with Crippen LogP contribution in [0.5, 0.6) is 0 Å². The number of thiazole rings is 1. The summed E-state index contributed by atoms with van der Waals surface area (Å²) in [7, 11) is 0. The van der Waals surface area contributed by atoms with Gasteiger partial charge in [0.15, 0.2) is 0 Å². The molecule has 0 radical (unpaired) electrons. The van der Waals surface area contributed by atoms with Crippen molar-refractivity contribution >= 4 is 34.7 Å². The minimum atomic E-state index is -0.118. The van der Waals surface area contributed by atoms with Crippen molar-refractivity contribution in [1.82, 2.24) is 9.97 Å². The molecule has 0 fully saturated rings. The lowest BCUT2D eigenvalue weighted by molar-refractivity contribution is -0.115. The van der Waals surface area contributed by atoms with Crippen molar-refractivity contribution in [2.24, 2.45) is 0 Å². The molecule has 0 aliphatic rings. The molecule has 1 amide bonds. The van der Waals surface area contributed by atoms with E-state index in [0.29, 0.717) is 11.7 Å². The van der Waals surface area contributed by atoms with Crippen molar-refractivity contribution in [2.45, 2.75) is 19.2 Å². The van der Waals surface area contributed by atoms with Gasteiger partial charge in [-0.2, -0.15) is 0 Å². The number of alkyl halides is 1. The van der Waals surface area contributed by atoms with E-state index in [1.165, 1.54) is 11.3 Å². The zero-order valence-corrected chi connectivity index (χ0v) is 11.4. The van der Waals surface area contributed by atoms with Crippen LogP contribution < -0.4 is 5.32 Å². The number of carbonyl (C=O) groups excluding carboxylic acids is 1. The Hall–Kier alpha value is -1.46. The highest BCUT2D eigenvalue weighted by atomic mass is 35.5. The number of anilines is 1. The Kier molecular flexibility index (Phi) is 4.28. The number of nitrogens with one attached hydrogen (secondary N) is 1. The number of aryl methyl sites for hydroxylation is 1. The van der Waals surface area contributed by atoms with Gasteiger partial charge in [0, 0.05) is 11.6 Å². The number of pyridine rings is 1. The Labute approximate surface area is 114 Å². The van der Waals surface area contributed by atoms with Crippen LogP contribution in [0.3, 0.4) is 0 Å². The quantitative estimate of drug-likeness (QED) is 0.877. The highest BCUT2D eigenvalue weighted by Gasteiger charge is 2.09. The van der Waals surface area contributed by atoms with Crippen molar-refractivity contribution in [2.75, 3.05) is 5.32 Å². The predicted molar refractivity (Wildman–Crippen MR) is 73.0 cm³/mol. The second kappa shape index (κ2) is 5.93. The molecule has 0 saturated carbocycles. The molecule has 0 aliphatic heterocycles. The van der Waals surface area contributed by atoms with Crippen molar-refractivity contribution in [3.63, 3.8) is 0 Å². The summed E-state index contributed by atoms with van der Waals surface area (Å²) in [5.74, 6) is 0.848. The van der Waals surface area contributed by atoms with Gasteiger partial charge in [-0.05, 0) is 18.6 Å². The number of hydrogen-bond acceptors (Lipinski definition) is 4. The summed E-state index contributed by atoms with van der Waals surface area (Å²) in [6.45, 7) is 1.90. The van der Waals surface area contributed by atoms with Crippen molar-refractivity contribution in [3.8, 4) is 0 Å². The fraction of sp³-hybridized carbons (Fsp3) is 0.250. The minimum absolute atomic E-state index is 0.118. The lowest BCUT2D eigenvalue weighted by Crippen LogP contribution is -2.16. The fourth-order valence-corrected chi connectivity index (χ4v) is 2.44. The molecule has 4 nitrogen and oxygen atoms in total. The second-order valence-corrected chi connectivity index (χ2v) is 4.97. The number of carbonyl (C=O) groups is 1. The zero-order chi connectivity index (χ0) is 13.0. The van der Waals surface area contributed by atoms with Crippen LogP contribution in [0, 0.1) is 6.92 Å². The van der Waals surface area contributed by atoms with Crippen LogP contribution in [0.1, 0.15) is 16.3 Å². The maximum absolute atomic E-state index is 11.8. The number of halogens is 1. The molecule has 2 heterocycles. The molecule has 18 heavy (non-hydrogen) atoms. The molecule has 0 aliphatic carbocycles. The molecule has 2 aromatic heterocycles. The largest absolute Gasteiger partial charge is 0.310 e. The maximum atomic E-state index is 11.8. The van der Waals surface area contributed by atoms with Gasteiger partial charge in [-0.15, -0.1) is 22.9 Å². The molecule has 0 unspecified atom stereocenters. The molecule has 1 N–H and O–H groups in total. The van der Waals surface area contributed by atoms with Crippen LogP contribution >= 0.6 is 22.9 Å². The highest BCUT2D eigenvalue weighted by molar-refractivity contribution is 7.09. The van der Waals surface area contributed by atoms with Gasteiger partial charge in [0.25, 0.3) is 0 Å². The van der Waals surface area contributed by atoms with Gasteiger partial charge in [0.05, 0.1) is 18.0 Å². The van der Waals surface area contributed by atoms with E-state index in [2.05, 4.69) is 15.3 Å². The number of aromatic nitrogens is 2. The first-order valence-corrected chi connectivity index (χ1v) is 6.81. The summed E-state index contributed by atoms with van der Waals surface area (Å²) in [6, 6.07) is 3.73. The summed E-state index contributed by atoms with van der Waals surface area (Å²) in [5.41, 5.74) is 1.74. The standard InChI is InChI=1S/C12H12ClN3OS/c1-8-3-2-4-14-12(8)16-10(17)5-11-15-9(6-13)7-18-11/h2-4,7H,5-6H2,1H3,(H,14,16,17). The average Bonchev–Trinajstić information content (AvgIpc) is 2.80. The molecular formula is C12H12ClN3OS. The van der Waals surface area contributed by atoms with Crippen molar-refractivity contribution in [3.05, 3.63) is 40.0 Å². The van der Waals surface area contributed by atoms with E-state index in [1.807, 2.05) is 24.4 Å². The van der Waals surface area contributed by atoms with E-state index in [1.54, 1.807) is 6.20 Å². The number of nitrogens with zero attached hydrogens (tertiary/aromatic N) is 2. The van der Waals surface area contributed by atoms with E-state index in [9.17, 15) is 4.79 Å². The monoisotopic (exact) mass is 281 g/mol. The Morgan fingerprint density at radius 2 is 2.39 bits per heavy atom. The molecule has 0 atom stereocenters. The number of rotatable bonds is 4. The second-order valence-electron chi connectivity index (χ2n) is 3.76. The number of amides is 1. The lowest BCUT2D eigenvalue weighted by Gasteiger charge is -2.05. The third-order valence-electron chi connectivity index (χ3n) is 2.32. The highest BCUT2D eigenvalue weighted by Crippen LogP contribution is 2.14. The lowest BCUT2D eigenvalue weighted by atomic mass is 10.3. The summed E-state index contributed by atoms with van der Waals surface area (Å²) in [5, 5.41) is 5.39. The Morgan fingerprint density at radius 1 is 1.56 bits per heavy atom. The van der Waals surface area contributed by atoms with Gasteiger partial charge in [0.1, 0.15) is 10.8 Å². The molecule has 0 aromatic carbocycles. The van der Waals surface area contributed by atoms with Crippen LogP contribution in [-0.4, -0.2) is 15.9 Å². The molecule has 0 bridgehead atoms. The topological polar surface area (TPSA) is 54.9 Å². The van der Waals surface area contributed by atoms with Gasteiger partial charge in [-0.1, -0.05) is 6.07 Å². The van der Waals surface area contributed by atoms with Crippen LogP contribution in [0.2, 0.25) is 0 Å². The smallest absolute Gasteiger partial charge is 0.232 e. The van der Waals surface area contributed by atoms with Gasteiger partial charge < -0.3 is 5.32 Å². The molecular weight excluding hydrogens is 270 g/mol. The van der Waals surface area contributed by atoms with E-state index < -0.39 is 0 Å². The predicted octanol–water partition coefficient (Wildman–Crippen LogP) is 2.77. The Balaban J connectivity index is 1.99. The van der Waals surface area contributed by atoms with Crippen LogP contribution in [0.25, 0.3) is 0 Å². The van der Waals surface area contributed by atoms with Gasteiger partial charge >= 0.3 is 0 Å². The SMILES string of the molecule is Cc1cccnc1NC(=O)Cc1nc(CCl)cs1. The third kappa shape index (κ3) is 3.27. The first-order chi connectivity index (χ1) is 8.69. The first-order valence-electron chi connectivity index (χ1n) is 5.39. The summed E-state index contributed by atoms with van der Waals surface area (Å²) in [6.07, 6.45) is 1.90. The number of hydrogen-bond donors (Lipinski definition) is 1. The summed E-state index contributed by atoms with van der Waals surface area (Å²) >= 11 is 7.10. The van der Waals surface area contributed by atoms with E-state index in [4.69, 9.17) is 11.6 Å². The molecule has 0 saturated heterocycles. The van der Waals surface area contributed by atoms with E-state index in [0.717, 1.165) is 16.3 Å². The summed E-state index contributed by atoms with van der Waals surface area (Å²) in [4.78, 5) is 20.2. The fourth-order valence-electron chi connectivity index (χ4n) is 1.42. The van der Waals surface area contributed by atoms with Gasteiger partial charge in [-0.25, -0.2) is 9.97 Å². The van der Waals surface area contributed by atoms with Crippen molar-refractivity contribution < 1.29 is 4.79 Å². The Bertz CT molecular complexity index is 556. The van der Waals surface area contributed by atoms with Gasteiger partial charge in [-0.3, -0.25) is 4.79 Å². The van der Waals surface area contributed by atoms with E-state index in [-0.39, 0.29) is 12.3 Å².